The molecule has 6 nitrogen and oxygen atoms in total. The lowest BCUT2D eigenvalue weighted by atomic mass is 9.83. The normalized spacial score (nSPS) is 22.9. The number of alkyl carbamates (subject to hydrolysis) is 1. The van der Waals surface area contributed by atoms with Crippen molar-refractivity contribution in [3.8, 4) is 0 Å². The molecule has 1 fully saturated rings. The number of sulfone groups is 1. The van der Waals surface area contributed by atoms with Crippen LogP contribution in [0.2, 0.25) is 0 Å². The second-order valence-corrected chi connectivity index (χ2v) is 10.8. The van der Waals surface area contributed by atoms with Crippen LogP contribution in [0.15, 0.2) is 35.3 Å². The van der Waals surface area contributed by atoms with E-state index in [0.29, 0.717) is 0 Å². The maximum absolute atomic E-state index is 12.7. The van der Waals surface area contributed by atoms with Crippen molar-refractivity contribution < 1.29 is 31.1 Å². The first-order chi connectivity index (χ1) is 14.4. The fourth-order valence-electron chi connectivity index (χ4n) is 3.37. The molecule has 1 amide bonds. The van der Waals surface area contributed by atoms with Crippen molar-refractivity contribution in [2.24, 2.45) is 10.9 Å². The third-order valence-corrected chi connectivity index (χ3v) is 7.81. The van der Waals surface area contributed by atoms with Crippen LogP contribution in [0.4, 0.5) is 18.0 Å². The molecule has 0 aromatic heterocycles. The van der Waals surface area contributed by atoms with Crippen LogP contribution >= 0.6 is 11.6 Å². The van der Waals surface area contributed by atoms with Gasteiger partial charge in [-0.3, -0.25) is 4.99 Å². The summed E-state index contributed by atoms with van der Waals surface area (Å²) in [5.74, 6) is -0.888. The molecule has 0 bridgehead atoms. The van der Waals surface area contributed by atoms with Gasteiger partial charge in [0.25, 0.3) is 0 Å². The van der Waals surface area contributed by atoms with E-state index in [4.69, 9.17) is 16.3 Å². The van der Waals surface area contributed by atoms with Crippen LogP contribution in [0.25, 0.3) is 0 Å². The molecule has 1 aromatic carbocycles. The first-order valence-corrected chi connectivity index (χ1v) is 12.0. The number of nitrogens with zero attached hydrogens (tertiary/aromatic N) is 1. The van der Waals surface area contributed by atoms with Crippen molar-refractivity contribution in [2.45, 2.75) is 63.2 Å². The van der Waals surface area contributed by atoms with E-state index in [0.717, 1.165) is 5.56 Å². The highest BCUT2D eigenvalue weighted by Crippen LogP contribution is 2.31. The van der Waals surface area contributed by atoms with Gasteiger partial charge in [-0.1, -0.05) is 41.9 Å². The number of hydrogen-bond donors (Lipinski definition) is 1. The highest BCUT2D eigenvalue weighted by atomic mass is 35.5. The second kappa shape index (κ2) is 10.7. The summed E-state index contributed by atoms with van der Waals surface area (Å²) in [5.41, 5.74) is 0.788. The summed E-state index contributed by atoms with van der Waals surface area (Å²) in [5, 5.41) is 0.562. The third kappa shape index (κ3) is 7.99. The molecule has 1 aromatic rings. The number of nitrogens with one attached hydrogen (secondary N) is 1. The predicted molar refractivity (Wildman–Crippen MR) is 113 cm³/mol. The minimum atomic E-state index is -4.75. The Bertz CT molecular complexity index is 876. The average molecular weight is 483 g/mol. The molecule has 1 N–H and O–H groups in total. The zero-order valence-electron chi connectivity index (χ0n) is 17.2. The Kier molecular flexibility index (Phi) is 8.76. The lowest BCUT2D eigenvalue weighted by Crippen LogP contribution is -2.47. The number of ether oxygens (including phenoxy) is 1. The topological polar surface area (TPSA) is 84.8 Å². The quantitative estimate of drug-likeness (QED) is 0.581. The van der Waals surface area contributed by atoms with Crippen LogP contribution in [-0.4, -0.2) is 48.9 Å². The standard InChI is InChI=1S/C20H26ClF3N2O4S/c1-13(2)31(28,29)12-15-10-16(25-18(21)20(22,23)24)8-9-17(15)26-19(27)30-11-14-6-4-3-5-7-14/h3-7,13,15-17H,8-12H2,1-2H3,(H,26,27)/t15-,16+,17-/m0/s1. The van der Waals surface area contributed by atoms with E-state index in [9.17, 15) is 26.4 Å². The first kappa shape index (κ1) is 25.5. The summed E-state index contributed by atoms with van der Waals surface area (Å²) in [7, 11) is -3.50. The zero-order valence-corrected chi connectivity index (χ0v) is 18.8. The van der Waals surface area contributed by atoms with Crippen LogP contribution in [0.3, 0.4) is 0 Å². The highest BCUT2D eigenvalue weighted by Gasteiger charge is 2.39. The molecule has 0 aliphatic heterocycles. The van der Waals surface area contributed by atoms with Gasteiger partial charge in [-0.15, -0.1) is 0 Å². The summed E-state index contributed by atoms with van der Waals surface area (Å²) < 4.78 is 68.2. The number of carbonyl (C=O) groups excluding carboxylic acids is 1. The van der Waals surface area contributed by atoms with Gasteiger partial charge in [0, 0.05) is 6.04 Å². The van der Waals surface area contributed by atoms with Crippen molar-refractivity contribution in [1.29, 1.82) is 0 Å². The molecule has 3 atom stereocenters. The molecule has 1 saturated carbocycles. The van der Waals surface area contributed by atoms with Gasteiger partial charge in [-0.05, 0) is 44.6 Å². The van der Waals surface area contributed by atoms with Gasteiger partial charge in [0.05, 0.1) is 17.0 Å². The number of rotatable bonds is 7. The maximum Gasteiger partial charge on any atom is 0.444 e. The molecule has 11 heteroatoms. The van der Waals surface area contributed by atoms with Crippen molar-refractivity contribution in [1.82, 2.24) is 5.32 Å². The molecule has 1 aliphatic rings. The fourth-order valence-corrected chi connectivity index (χ4v) is 4.86. The van der Waals surface area contributed by atoms with Gasteiger partial charge in [0.2, 0.25) is 5.17 Å². The molecular weight excluding hydrogens is 457 g/mol. The van der Waals surface area contributed by atoms with E-state index in [1.54, 1.807) is 24.3 Å². The molecule has 0 heterocycles. The summed E-state index contributed by atoms with van der Waals surface area (Å²) in [6.07, 6.45) is -4.92. The predicted octanol–water partition coefficient (Wildman–Crippen LogP) is 4.47. The minimum Gasteiger partial charge on any atom is -0.445 e. The number of benzene rings is 1. The summed E-state index contributed by atoms with van der Waals surface area (Å²) in [4.78, 5) is 15.8. The summed E-state index contributed by atoms with van der Waals surface area (Å²) >= 11 is 5.26. The Hall–Kier alpha value is -1.81. The van der Waals surface area contributed by atoms with Gasteiger partial charge in [0.1, 0.15) is 6.61 Å². The molecule has 0 spiro atoms. The number of halogens is 4. The lowest BCUT2D eigenvalue weighted by Gasteiger charge is -2.35. The molecule has 1 aliphatic carbocycles. The van der Waals surface area contributed by atoms with Gasteiger partial charge in [0.15, 0.2) is 9.84 Å². The van der Waals surface area contributed by atoms with Gasteiger partial charge in [-0.25, -0.2) is 13.2 Å². The van der Waals surface area contributed by atoms with Crippen LogP contribution in [-0.2, 0) is 21.2 Å². The van der Waals surface area contributed by atoms with Crippen LogP contribution < -0.4 is 5.32 Å². The van der Waals surface area contributed by atoms with E-state index in [2.05, 4.69) is 10.3 Å². The minimum absolute atomic E-state index is 0.0441. The fraction of sp³-hybridized carbons (Fsp3) is 0.600. The highest BCUT2D eigenvalue weighted by molar-refractivity contribution is 7.91. The van der Waals surface area contributed by atoms with E-state index in [1.165, 1.54) is 13.8 Å². The monoisotopic (exact) mass is 482 g/mol. The van der Waals surface area contributed by atoms with E-state index < -0.39 is 50.5 Å². The zero-order chi connectivity index (χ0) is 23.2. The Balaban J connectivity index is 2.08. The molecule has 174 valence electrons. The Labute approximate surface area is 185 Å². The third-order valence-electron chi connectivity index (χ3n) is 5.17. The Morgan fingerprint density at radius 1 is 1.26 bits per heavy atom. The summed E-state index contributed by atoms with van der Waals surface area (Å²) in [6, 6.07) is 7.68. The number of hydrogen-bond acceptors (Lipinski definition) is 5. The summed E-state index contributed by atoms with van der Waals surface area (Å²) in [6.45, 7) is 3.11. The number of amides is 1. The SMILES string of the molecule is CC(C)S(=O)(=O)C[C@@H]1C[C@H](N=C(Cl)C(F)(F)F)CC[C@@H]1NC(=O)OCc1ccccc1. The average Bonchev–Trinajstić information content (AvgIpc) is 2.68. The van der Waals surface area contributed by atoms with Crippen LogP contribution in [0.1, 0.15) is 38.7 Å². The molecule has 0 radical (unpaired) electrons. The molecular formula is C20H26ClF3N2O4S. The van der Waals surface area contributed by atoms with E-state index >= 15 is 0 Å². The Morgan fingerprint density at radius 3 is 2.48 bits per heavy atom. The molecule has 2 rings (SSSR count). The van der Waals surface area contributed by atoms with E-state index in [-0.39, 0.29) is 31.6 Å². The van der Waals surface area contributed by atoms with Crippen molar-refractivity contribution in [2.75, 3.05) is 5.75 Å². The first-order valence-electron chi connectivity index (χ1n) is 9.87. The second-order valence-electron chi connectivity index (χ2n) is 7.84. The van der Waals surface area contributed by atoms with Crippen molar-refractivity contribution >= 4 is 32.7 Å². The molecule has 0 unspecified atom stereocenters. The van der Waals surface area contributed by atoms with Gasteiger partial charge < -0.3 is 10.1 Å². The number of aliphatic imine (C=N–C) groups is 1. The van der Waals surface area contributed by atoms with Crippen molar-refractivity contribution in [3.63, 3.8) is 0 Å². The van der Waals surface area contributed by atoms with Gasteiger partial charge in [-0.2, -0.15) is 13.2 Å². The van der Waals surface area contributed by atoms with Gasteiger partial charge >= 0.3 is 12.3 Å². The Morgan fingerprint density at radius 2 is 1.90 bits per heavy atom. The van der Waals surface area contributed by atoms with Crippen LogP contribution in [0.5, 0.6) is 0 Å². The molecule has 0 saturated heterocycles. The smallest absolute Gasteiger partial charge is 0.444 e. The number of carbonyl (C=O) groups is 1. The largest absolute Gasteiger partial charge is 0.445 e. The lowest BCUT2D eigenvalue weighted by molar-refractivity contribution is -0.0563. The maximum atomic E-state index is 12.7. The molecule has 31 heavy (non-hydrogen) atoms. The number of alkyl halides is 3. The van der Waals surface area contributed by atoms with Crippen molar-refractivity contribution in [3.05, 3.63) is 35.9 Å². The van der Waals surface area contributed by atoms with E-state index in [1.807, 2.05) is 6.07 Å². The van der Waals surface area contributed by atoms with Crippen LogP contribution in [0, 0.1) is 5.92 Å².